The minimum atomic E-state index is -1.14. The van der Waals surface area contributed by atoms with Gasteiger partial charge in [-0.2, -0.15) is 0 Å². The number of fused-ring (bicyclic) bond motifs is 1. The fourth-order valence-electron chi connectivity index (χ4n) is 2.88. The van der Waals surface area contributed by atoms with Crippen molar-refractivity contribution in [1.29, 1.82) is 0 Å². The molecule has 0 spiro atoms. The van der Waals surface area contributed by atoms with Gasteiger partial charge in [0.05, 0.1) is 5.69 Å². The Hall–Kier alpha value is -1.23. The van der Waals surface area contributed by atoms with E-state index in [4.69, 9.17) is 17.0 Å². The minimum Gasteiger partial charge on any atom is -0.550 e. The number of para-hydroxylation sites is 2. The summed E-state index contributed by atoms with van der Waals surface area (Å²) in [5, 5.41) is 11.3. The van der Waals surface area contributed by atoms with Crippen molar-refractivity contribution in [3.8, 4) is 5.75 Å². The van der Waals surface area contributed by atoms with Crippen LogP contribution in [-0.4, -0.2) is 46.9 Å². The van der Waals surface area contributed by atoms with Gasteiger partial charge in [0.2, 0.25) is 5.88 Å². The molecule has 1 fully saturated rings. The number of anilines is 1. The van der Waals surface area contributed by atoms with Crippen LogP contribution < -0.4 is 66.1 Å². The fourth-order valence-corrected chi connectivity index (χ4v) is 3.19. The fraction of sp³-hybridized carbons (Fsp3) is 0.278. The van der Waals surface area contributed by atoms with Crippen molar-refractivity contribution in [2.75, 3.05) is 25.0 Å². The molecule has 7 nitrogen and oxygen atoms in total. The van der Waals surface area contributed by atoms with Crippen LogP contribution in [0.1, 0.15) is 13.3 Å². The molecule has 0 N–H and O–H groups in total. The number of thiocarbonyl (C=S) groups is 1. The third-order valence-corrected chi connectivity index (χ3v) is 4.71. The van der Waals surface area contributed by atoms with Gasteiger partial charge in [-0.25, -0.2) is 0 Å². The standard InChI is InChI=1S/C18H19N3O4S.K/c1-3-20-17(24)13(19(2)18(20)26)8-9-15-21(11-10-16(22)23)12-6-4-5-7-14(12)25-15;/h4-9H,3,10-11H2,1-2H3,(H,22,23);/q;+1/p-1/b13-8+,15-9+;. The quantitative estimate of drug-likeness (QED) is 0.310. The van der Waals surface area contributed by atoms with E-state index in [1.807, 2.05) is 25.1 Å². The SMILES string of the molecule is CCN1C(=O)/C(=C\C=C2\Oc3ccccc3N2CCC(=O)[O-])N(C)C1=S.[K+]. The maximum Gasteiger partial charge on any atom is 1.00 e. The Morgan fingerprint density at radius 1 is 1.26 bits per heavy atom. The Labute approximate surface area is 205 Å². The zero-order chi connectivity index (χ0) is 18.8. The molecule has 0 unspecified atom stereocenters. The Morgan fingerprint density at radius 2 is 1.96 bits per heavy atom. The molecule has 9 heteroatoms. The van der Waals surface area contributed by atoms with Crippen LogP contribution in [0, 0.1) is 0 Å². The Morgan fingerprint density at radius 3 is 2.59 bits per heavy atom. The zero-order valence-electron chi connectivity index (χ0n) is 15.5. The van der Waals surface area contributed by atoms with E-state index in [9.17, 15) is 14.7 Å². The molecular formula is C18H18KN3O4S. The van der Waals surface area contributed by atoms with Gasteiger partial charge in [-0.05, 0) is 37.4 Å². The van der Waals surface area contributed by atoms with Crippen LogP contribution in [-0.2, 0) is 9.59 Å². The third kappa shape index (κ3) is 4.44. The van der Waals surface area contributed by atoms with Crippen molar-refractivity contribution in [2.24, 2.45) is 0 Å². The molecule has 27 heavy (non-hydrogen) atoms. The van der Waals surface area contributed by atoms with E-state index < -0.39 is 5.97 Å². The first-order valence-electron chi connectivity index (χ1n) is 8.19. The molecule has 2 aliphatic heterocycles. The molecule has 2 heterocycles. The number of carboxylic acids is 1. The molecule has 0 bridgehead atoms. The molecule has 136 valence electrons. The smallest absolute Gasteiger partial charge is 0.550 e. The monoisotopic (exact) mass is 411 g/mol. The number of allylic oxidation sites excluding steroid dienone is 2. The topological polar surface area (TPSA) is 76.1 Å². The number of carbonyl (C=O) groups excluding carboxylic acids is 2. The predicted octanol–water partition coefficient (Wildman–Crippen LogP) is -2.17. The van der Waals surface area contributed by atoms with E-state index in [1.165, 1.54) is 4.90 Å². The van der Waals surface area contributed by atoms with Crippen molar-refractivity contribution in [3.05, 3.63) is 48.0 Å². The summed E-state index contributed by atoms with van der Waals surface area (Å²) in [5.41, 5.74) is 1.21. The molecule has 0 aromatic heterocycles. The van der Waals surface area contributed by atoms with Crippen LogP contribution in [0.15, 0.2) is 48.0 Å². The second kappa shape index (κ2) is 9.31. The molecule has 3 rings (SSSR count). The summed E-state index contributed by atoms with van der Waals surface area (Å²) in [5.74, 6) is -0.232. The minimum absolute atomic E-state index is 0. The van der Waals surface area contributed by atoms with Gasteiger partial charge in [0.25, 0.3) is 5.91 Å². The van der Waals surface area contributed by atoms with E-state index in [-0.39, 0.29) is 70.3 Å². The largest absolute Gasteiger partial charge is 1.00 e. The van der Waals surface area contributed by atoms with Gasteiger partial charge in [-0.1, -0.05) is 12.1 Å². The maximum atomic E-state index is 12.4. The van der Waals surface area contributed by atoms with Gasteiger partial charge < -0.3 is 24.4 Å². The van der Waals surface area contributed by atoms with E-state index in [0.29, 0.717) is 29.0 Å². The van der Waals surface area contributed by atoms with E-state index in [2.05, 4.69) is 0 Å². The van der Waals surface area contributed by atoms with Gasteiger partial charge >= 0.3 is 51.4 Å². The van der Waals surface area contributed by atoms with Crippen molar-refractivity contribution >= 4 is 34.9 Å². The summed E-state index contributed by atoms with van der Waals surface area (Å²) in [7, 11) is 1.73. The summed E-state index contributed by atoms with van der Waals surface area (Å²) in [6, 6.07) is 7.33. The van der Waals surface area contributed by atoms with Gasteiger partial charge in [0, 0.05) is 38.6 Å². The van der Waals surface area contributed by atoms with Crippen molar-refractivity contribution < 1.29 is 70.8 Å². The van der Waals surface area contributed by atoms with Crippen LogP contribution in [0.4, 0.5) is 5.69 Å². The van der Waals surface area contributed by atoms with Gasteiger partial charge in [-0.15, -0.1) is 0 Å². The van der Waals surface area contributed by atoms with E-state index in [1.54, 1.807) is 35.1 Å². The summed E-state index contributed by atoms with van der Waals surface area (Å²) in [6.07, 6.45) is 3.15. The van der Waals surface area contributed by atoms with E-state index in [0.717, 1.165) is 5.69 Å². The first-order chi connectivity index (χ1) is 12.4. The summed E-state index contributed by atoms with van der Waals surface area (Å²) in [4.78, 5) is 28.2. The van der Waals surface area contributed by atoms with Crippen molar-refractivity contribution in [3.63, 3.8) is 0 Å². The summed E-state index contributed by atoms with van der Waals surface area (Å²) in [6.45, 7) is 2.56. The number of nitrogens with zero attached hydrogens (tertiary/aromatic N) is 3. The molecule has 1 amide bonds. The number of hydrogen-bond acceptors (Lipinski definition) is 6. The van der Waals surface area contributed by atoms with E-state index >= 15 is 0 Å². The van der Waals surface area contributed by atoms with Crippen LogP contribution >= 0.6 is 12.2 Å². The second-order valence-corrected chi connectivity index (χ2v) is 6.16. The molecule has 0 aliphatic carbocycles. The van der Waals surface area contributed by atoms with Crippen LogP contribution in [0.3, 0.4) is 0 Å². The maximum absolute atomic E-state index is 12.4. The number of ether oxygens (including phenoxy) is 1. The average molecular weight is 412 g/mol. The molecule has 0 radical (unpaired) electrons. The average Bonchev–Trinajstić information content (AvgIpc) is 3.06. The van der Waals surface area contributed by atoms with Crippen molar-refractivity contribution in [1.82, 2.24) is 9.80 Å². The number of aliphatic carboxylic acids is 1. The first-order valence-corrected chi connectivity index (χ1v) is 8.60. The van der Waals surface area contributed by atoms with Gasteiger partial charge in [-0.3, -0.25) is 9.69 Å². The Bertz CT molecular complexity index is 840. The number of carbonyl (C=O) groups is 2. The predicted molar refractivity (Wildman–Crippen MR) is 98.0 cm³/mol. The van der Waals surface area contributed by atoms with Gasteiger partial charge in [0.1, 0.15) is 5.70 Å². The summed E-state index contributed by atoms with van der Waals surface area (Å²) < 4.78 is 5.81. The first kappa shape index (κ1) is 22.1. The normalized spacial score (nSPS) is 18.8. The zero-order valence-corrected chi connectivity index (χ0v) is 19.4. The second-order valence-electron chi connectivity index (χ2n) is 5.79. The van der Waals surface area contributed by atoms with Crippen LogP contribution in [0.2, 0.25) is 0 Å². The van der Waals surface area contributed by atoms with Crippen LogP contribution in [0.25, 0.3) is 0 Å². The number of rotatable bonds is 5. The summed E-state index contributed by atoms with van der Waals surface area (Å²) >= 11 is 5.27. The number of carboxylic acid groups (broad SMARTS) is 1. The molecule has 2 aliphatic rings. The number of amides is 1. The Balaban J connectivity index is 0.00000261. The number of hydrogen-bond donors (Lipinski definition) is 0. The van der Waals surface area contributed by atoms with Gasteiger partial charge in [0.15, 0.2) is 10.9 Å². The van der Waals surface area contributed by atoms with Crippen LogP contribution in [0.5, 0.6) is 5.75 Å². The molecule has 1 aromatic carbocycles. The molecule has 0 saturated carbocycles. The third-order valence-electron chi connectivity index (χ3n) is 4.22. The Kier molecular flexibility index (Phi) is 7.61. The molecule has 1 saturated heterocycles. The van der Waals surface area contributed by atoms with Crippen molar-refractivity contribution in [2.45, 2.75) is 13.3 Å². The molecule has 1 aromatic rings. The number of benzene rings is 1. The molecular weight excluding hydrogens is 393 g/mol. The number of likely N-dealkylation sites (N-methyl/N-ethyl adjacent to an activating group) is 2. The molecule has 0 atom stereocenters.